The standard InChI is InChI=1S/C7H11N3O/c1-5-4-8-6(11)10-7(5)2-3-9-7/h4,9H,2-3H2,1H3,(H2,8,10,11). The van der Waals surface area contributed by atoms with Gasteiger partial charge >= 0.3 is 6.03 Å². The third-order valence-electron chi connectivity index (χ3n) is 2.35. The molecule has 2 amide bonds. The normalized spacial score (nSPS) is 35.4. The summed E-state index contributed by atoms with van der Waals surface area (Å²) in [6, 6.07) is -0.122. The summed E-state index contributed by atoms with van der Waals surface area (Å²) in [7, 11) is 0. The summed E-state index contributed by atoms with van der Waals surface area (Å²) in [5, 5.41) is 8.65. The highest BCUT2D eigenvalue weighted by atomic mass is 16.2. The fourth-order valence-corrected chi connectivity index (χ4v) is 1.44. The second kappa shape index (κ2) is 1.98. The van der Waals surface area contributed by atoms with Crippen LogP contribution in [0.2, 0.25) is 0 Å². The Balaban J connectivity index is 2.25. The van der Waals surface area contributed by atoms with E-state index in [2.05, 4.69) is 16.0 Å². The number of rotatable bonds is 0. The van der Waals surface area contributed by atoms with Gasteiger partial charge in [0, 0.05) is 19.2 Å². The number of hydrogen-bond acceptors (Lipinski definition) is 2. The molecule has 2 rings (SSSR count). The molecule has 4 nitrogen and oxygen atoms in total. The van der Waals surface area contributed by atoms with Crippen molar-refractivity contribution in [2.75, 3.05) is 6.54 Å². The minimum atomic E-state index is -0.220. The summed E-state index contributed by atoms with van der Waals surface area (Å²) < 4.78 is 0. The lowest BCUT2D eigenvalue weighted by molar-refractivity contribution is 0.181. The maximum atomic E-state index is 10.9. The van der Waals surface area contributed by atoms with Crippen LogP contribution in [0, 0.1) is 0 Å². The van der Waals surface area contributed by atoms with Gasteiger partial charge in [0.1, 0.15) is 5.66 Å². The lowest BCUT2D eigenvalue weighted by Crippen LogP contribution is -2.71. The fraction of sp³-hybridized carbons (Fsp3) is 0.571. The third-order valence-corrected chi connectivity index (χ3v) is 2.35. The average Bonchev–Trinajstić information content (AvgIpc) is 1.91. The van der Waals surface area contributed by atoms with Crippen molar-refractivity contribution in [1.29, 1.82) is 0 Å². The van der Waals surface area contributed by atoms with Crippen molar-refractivity contribution in [2.24, 2.45) is 0 Å². The molecule has 1 spiro atoms. The van der Waals surface area contributed by atoms with Crippen molar-refractivity contribution in [2.45, 2.75) is 19.0 Å². The molecule has 1 fully saturated rings. The van der Waals surface area contributed by atoms with Gasteiger partial charge in [0.15, 0.2) is 0 Å². The SMILES string of the molecule is CC1=CNC(=O)NC12CCN2. The van der Waals surface area contributed by atoms with Gasteiger partial charge in [0.05, 0.1) is 0 Å². The molecule has 11 heavy (non-hydrogen) atoms. The summed E-state index contributed by atoms with van der Waals surface area (Å²) >= 11 is 0. The van der Waals surface area contributed by atoms with Gasteiger partial charge in [0.2, 0.25) is 0 Å². The van der Waals surface area contributed by atoms with Crippen LogP contribution in [0.3, 0.4) is 0 Å². The largest absolute Gasteiger partial charge is 0.320 e. The molecular formula is C7H11N3O. The summed E-state index contributed by atoms with van der Waals surface area (Å²) in [6.07, 6.45) is 2.74. The van der Waals surface area contributed by atoms with Crippen LogP contribution >= 0.6 is 0 Å². The molecule has 2 aliphatic rings. The molecule has 1 atom stereocenters. The maximum absolute atomic E-state index is 10.9. The molecule has 4 heteroatoms. The predicted octanol–water partition coefficient (Wildman–Crippen LogP) is -0.107. The molecule has 0 aromatic rings. The minimum absolute atomic E-state index is 0.122. The Morgan fingerprint density at radius 2 is 2.36 bits per heavy atom. The molecule has 0 radical (unpaired) electrons. The molecule has 60 valence electrons. The molecule has 0 saturated carbocycles. The third kappa shape index (κ3) is 0.826. The van der Waals surface area contributed by atoms with E-state index in [4.69, 9.17) is 0 Å². The summed E-state index contributed by atoms with van der Waals surface area (Å²) in [5.74, 6) is 0. The molecule has 2 aliphatic heterocycles. The van der Waals surface area contributed by atoms with Gasteiger partial charge in [-0.2, -0.15) is 0 Å². The van der Waals surface area contributed by atoms with Crippen LogP contribution in [0.5, 0.6) is 0 Å². The zero-order valence-corrected chi connectivity index (χ0v) is 6.40. The predicted molar refractivity (Wildman–Crippen MR) is 40.8 cm³/mol. The average molecular weight is 153 g/mol. The highest BCUT2D eigenvalue weighted by molar-refractivity contribution is 5.78. The second-order valence-corrected chi connectivity index (χ2v) is 3.01. The first kappa shape index (κ1) is 6.67. The van der Waals surface area contributed by atoms with Crippen molar-refractivity contribution < 1.29 is 4.79 Å². The van der Waals surface area contributed by atoms with Crippen LogP contribution in [0.15, 0.2) is 11.8 Å². The number of carbonyl (C=O) groups is 1. The zero-order chi connectivity index (χ0) is 7.90. The monoisotopic (exact) mass is 153 g/mol. The van der Waals surface area contributed by atoms with Crippen molar-refractivity contribution >= 4 is 6.03 Å². The van der Waals surface area contributed by atoms with Gasteiger partial charge in [0.25, 0.3) is 0 Å². The number of carbonyl (C=O) groups excluding carboxylic acids is 1. The molecule has 3 N–H and O–H groups in total. The maximum Gasteiger partial charge on any atom is 0.320 e. The molecular weight excluding hydrogens is 142 g/mol. The van der Waals surface area contributed by atoms with E-state index in [1.807, 2.05) is 6.92 Å². The van der Waals surface area contributed by atoms with E-state index in [-0.39, 0.29) is 11.7 Å². The number of amides is 2. The number of urea groups is 1. The molecule has 2 heterocycles. The van der Waals surface area contributed by atoms with Crippen molar-refractivity contribution in [1.82, 2.24) is 16.0 Å². The topological polar surface area (TPSA) is 53.2 Å². The van der Waals surface area contributed by atoms with Gasteiger partial charge in [-0.3, -0.25) is 5.32 Å². The van der Waals surface area contributed by atoms with Crippen LogP contribution in [0.25, 0.3) is 0 Å². The summed E-state index contributed by atoms with van der Waals surface area (Å²) in [4.78, 5) is 10.9. The molecule has 0 aromatic carbocycles. The van der Waals surface area contributed by atoms with E-state index in [1.54, 1.807) is 6.20 Å². The Labute approximate surface area is 65.0 Å². The Morgan fingerprint density at radius 1 is 1.64 bits per heavy atom. The number of nitrogens with one attached hydrogen (secondary N) is 3. The molecule has 0 bridgehead atoms. The van der Waals surface area contributed by atoms with Gasteiger partial charge in [-0.05, 0) is 12.5 Å². The first-order valence-electron chi connectivity index (χ1n) is 3.74. The Morgan fingerprint density at radius 3 is 2.82 bits per heavy atom. The van der Waals surface area contributed by atoms with Gasteiger partial charge in [-0.15, -0.1) is 0 Å². The summed E-state index contributed by atoms with van der Waals surface area (Å²) in [6.45, 7) is 2.98. The quantitative estimate of drug-likeness (QED) is 0.455. The molecule has 0 aliphatic carbocycles. The fourth-order valence-electron chi connectivity index (χ4n) is 1.44. The van der Waals surface area contributed by atoms with Crippen molar-refractivity contribution in [3.8, 4) is 0 Å². The lowest BCUT2D eigenvalue weighted by atomic mass is 9.90. The van der Waals surface area contributed by atoms with E-state index in [1.165, 1.54) is 0 Å². The zero-order valence-electron chi connectivity index (χ0n) is 6.40. The number of hydrogen-bond donors (Lipinski definition) is 3. The first-order valence-corrected chi connectivity index (χ1v) is 3.74. The van der Waals surface area contributed by atoms with Gasteiger partial charge < -0.3 is 10.6 Å². The van der Waals surface area contributed by atoms with E-state index in [0.29, 0.717) is 0 Å². The summed E-state index contributed by atoms with van der Waals surface area (Å²) in [5.41, 5.74) is 0.922. The Bertz CT molecular complexity index is 230. The highest BCUT2D eigenvalue weighted by Gasteiger charge is 2.41. The Kier molecular flexibility index (Phi) is 1.20. The van der Waals surface area contributed by atoms with Crippen molar-refractivity contribution in [3.63, 3.8) is 0 Å². The van der Waals surface area contributed by atoms with Gasteiger partial charge in [-0.1, -0.05) is 0 Å². The van der Waals surface area contributed by atoms with Gasteiger partial charge in [-0.25, -0.2) is 4.79 Å². The molecule has 1 saturated heterocycles. The van der Waals surface area contributed by atoms with Crippen LogP contribution in [0.1, 0.15) is 13.3 Å². The van der Waals surface area contributed by atoms with Crippen molar-refractivity contribution in [3.05, 3.63) is 11.8 Å². The van der Waals surface area contributed by atoms with Crippen LogP contribution < -0.4 is 16.0 Å². The minimum Gasteiger partial charge on any atom is -0.316 e. The van der Waals surface area contributed by atoms with E-state index in [0.717, 1.165) is 18.5 Å². The first-order chi connectivity index (χ1) is 5.23. The van der Waals surface area contributed by atoms with Crippen LogP contribution in [-0.2, 0) is 0 Å². The van der Waals surface area contributed by atoms with E-state index in [9.17, 15) is 4.79 Å². The Hall–Kier alpha value is -1.03. The van der Waals surface area contributed by atoms with E-state index >= 15 is 0 Å². The molecule has 0 aromatic heterocycles. The lowest BCUT2D eigenvalue weighted by Gasteiger charge is -2.46. The second-order valence-electron chi connectivity index (χ2n) is 3.01. The van der Waals surface area contributed by atoms with Crippen LogP contribution in [0.4, 0.5) is 4.79 Å². The van der Waals surface area contributed by atoms with E-state index < -0.39 is 0 Å². The smallest absolute Gasteiger partial charge is 0.316 e. The highest BCUT2D eigenvalue weighted by Crippen LogP contribution is 2.25. The van der Waals surface area contributed by atoms with Crippen LogP contribution in [-0.4, -0.2) is 18.2 Å². The molecule has 1 unspecified atom stereocenters.